The summed E-state index contributed by atoms with van der Waals surface area (Å²) in [5.74, 6) is 0. The zero-order valence-electron chi connectivity index (χ0n) is 12.6. The molecule has 1 N–H and O–H groups in total. The molecule has 0 radical (unpaired) electrons. The van der Waals surface area contributed by atoms with Crippen LogP contribution in [0, 0.1) is 6.92 Å². The number of benzene rings is 1. The highest BCUT2D eigenvalue weighted by Gasteiger charge is 2.20. The lowest BCUT2D eigenvalue weighted by Gasteiger charge is -2.11. The summed E-state index contributed by atoms with van der Waals surface area (Å²) in [6, 6.07) is 8.08. The molecule has 0 spiro atoms. The van der Waals surface area contributed by atoms with Gasteiger partial charge < -0.3 is 5.32 Å². The van der Waals surface area contributed by atoms with Crippen LogP contribution in [-0.4, -0.2) is 15.8 Å². The first-order valence-corrected chi connectivity index (χ1v) is 7.09. The van der Waals surface area contributed by atoms with Gasteiger partial charge in [-0.2, -0.15) is 5.10 Å². The van der Waals surface area contributed by atoms with Crippen LogP contribution in [0.4, 0.5) is 8.78 Å². The summed E-state index contributed by atoms with van der Waals surface area (Å²) in [6.45, 7) is 6.74. The first-order chi connectivity index (χ1) is 9.97. The lowest BCUT2D eigenvalue weighted by molar-refractivity contribution is 0.138. The van der Waals surface area contributed by atoms with Gasteiger partial charge in [-0.25, -0.2) is 8.78 Å². The standard InChI is InChI=1S/C16H21F2N3/c1-11(2)19-8-14-9-20-21(15(14)16(17)18)10-13-6-4-12(3)5-7-13/h4-7,9,11,16,19H,8,10H2,1-3H3. The third kappa shape index (κ3) is 4.11. The van der Waals surface area contributed by atoms with Crippen LogP contribution >= 0.6 is 0 Å². The molecule has 21 heavy (non-hydrogen) atoms. The number of aryl methyl sites for hydroxylation is 1. The fourth-order valence-electron chi connectivity index (χ4n) is 2.13. The van der Waals surface area contributed by atoms with Gasteiger partial charge >= 0.3 is 0 Å². The maximum atomic E-state index is 13.3. The quantitative estimate of drug-likeness (QED) is 0.880. The summed E-state index contributed by atoms with van der Waals surface area (Å²) in [5.41, 5.74) is 2.68. The topological polar surface area (TPSA) is 29.9 Å². The number of nitrogens with zero attached hydrogens (tertiary/aromatic N) is 2. The van der Waals surface area contributed by atoms with Crippen molar-refractivity contribution in [1.82, 2.24) is 15.1 Å². The van der Waals surface area contributed by atoms with Gasteiger partial charge in [0.1, 0.15) is 5.69 Å². The molecule has 114 valence electrons. The second kappa shape index (κ2) is 6.80. The molecular weight excluding hydrogens is 272 g/mol. The zero-order chi connectivity index (χ0) is 15.4. The van der Waals surface area contributed by atoms with Gasteiger partial charge in [-0.1, -0.05) is 43.7 Å². The average molecular weight is 293 g/mol. The Morgan fingerprint density at radius 2 is 1.86 bits per heavy atom. The summed E-state index contributed by atoms with van der Waals surface area (Å²) < 4.78 is 28.0. The van der Waals surface area contributed by atoms with Crippen LogP contribution in [0.15, 0.2) is 30.5 Å². The van der Waals surface area contributed by atoms with Crippen molar-refractivity contribution in [2.75, 3.05) is 0 Å². The van der Waals surface area contributed by atoms with Crippen molar-refractivity contribution in [1.29, 1.82) is 0 Å². The van der Waals surface area contributed by atoms with Gasteiger partial charge in [0.2, 0.25) is 0 Å². The molecule has 0 aliphatic rings. The van der Waals surface area contributed by atoms with E-state index in [0.29, 0.717) is 18.7 Å². The number of hydrogen-bond acceptors (Lipinski definition) is 2. The number of alkyl halides is 2. The normalized spacial score (nSPS) is 11.6. The minimum Gasteiger partial charge on any atom is -0.310 e. The molecule has 0 aliphatic carbocycles. The molecule has 1 aromatic heterocycles. The van der Waals surface area contributed by atoms with E-state index in [4.69, 9.17) is 0 Å². The van der Waals surface area contributed by atoms with Crippen LogP contribution in [0.25, 0.3) is 0 Å². The molecule has 5 heteroatoms. The number of rotatable bonds is 6. The molecule has 0 fully saturated rings. The Labute approximate surface area is 124 Å². The molecule has 3 nitrogen and oxygen atoms in total. The lowest BCUT2D eigenvalue weighted by atomic mass is 10.1. The van der Waals surface area contributed by atoms with E-state index < -0.39 is 6.43 Å². The van der Waals surface area contributed by atoms with E-state index in [1.165, 1.54) is 10.9 Å². The van der Waals surface area contributed by atoms with Crippen molar-refractivity contribution >= 4 is 0 Å². The van der Waals surface area contributed by atoms with E-state index in [1.807, 2.05) is 45.0 Å². The molecule has 1 heterocycles. The molecular formula is C16H21F2N3. The zero-order valence-corrected chi connectivity index (χ0v) is 12.6. The Kier molecular flexibility index (Phi) is 5.07. The fourth-order valence-corrected chi connectivity index (χ4v) is 2.13. The van der Waals surface area contributed by atoms with Gasteiger partial charge in [-0.3, -0.25) is 4.68 Å². The fraction of sp³-hybridized carbons (Fsp3) is 0.438. The largest absolute Gasteiger partial charge is 0.310 e. The molecule has 0 unspecified atom stereocenters. The monoisotopic (exact) mass is 293 g/mol. The summed E-state index contributed by atoms with van der Waals surface area (Å²) >= 11 is 0. The Morgan fingerprint density at radius 1 is 1.19 bits per heavy atom. The van der Waals surface area contributed by atoms with Crippen molar-refractivity contribution in [2.24, 2.45) is 0 Å². The van der Waals surface area contributed by atoms with Gasteiger partial charge in [0.05, 0.1) is 12.7 Å². The smallest absolute Gasteiger partial charge is 0.280 e. The number of aromatic nitrogens is 2. The number of nitrogens with one attached hydrogen (secondary N) is 1. The second-order valence-corrected chi connectivity index (χ2v) is 5.53. The molecule has 0 bridgehead atoms. The first kappa shape index (κ1) is 15.6. The van der Waals surface area contributed by atoms with E-state index >= 15 is 0 Å². The van der Waals surface area contributed by atoms with E-state index in [-0.39, 0.29) is 11.7 Å². The third-order valence-corrected chi connectivity index (χ3v) is 3.32. The minimum atomic E-state index is -2.53. The SMILES string of the molecule is Cc1ccc(Cn2ncc(CNC(C)C)c2C(F)F)cc1. The van der Waals surface area contributed by atoms with Gasteiger partial charge in [0.25, 0.3) is 6.43 Å². The summed E-state index contributed by atoms with van der Waals surface area (Å²) in [6.07, 6.45) is -0.993. The maximum absolute atomic E-state index is 13.3. The Morgan fingerprint density at radius 3 is 2.43 bits per heavy atom. The van der Waals surface area contributed by atoms with Crippen molar-refractivity contribution in [2.45, 2.75) is 46.3 Å². The number of hydrogen-bond donors (Lipinski definition) is 1. The van der Waals surface area contributed by atoms with Crippen LogP contribution < -0.4 is 5.32 Å². The molecule has 0 aliphatic heterocycles. The minimum absolute atomic E-state index is 0.00345. The van der Waals surface area contributed by atoms with E-state index in [0.717, 1.165) is 11.1 Å². The maximum Gasteiger partial charge on any atom is 0.280 e. The van der Waals surface area contributed by atoms with Crippen LogP contribution in [0.1, 0.15) is 42.7 Å². The van der Waals surface area contributed by atoms with E-state index in [9.17, 15) is 8.78 Å². The Hall–Kier alpha value is -1.75. The third-order valence-electron chi connectivity index (χ3n) is 3.32. The first-order valence-electron chi connectivity index (χ1n) is 7.09. The predicted octanol–water partition coefficient (Wildman–Crippen LogP) is 3.68. The lowest BCUT2D eigenvalue weighted by Crippen LogP contribution is -2.22. The summed E-state index contributed by atoms with van der Waals surface area (Å²) in [5, 5.41) is 7.28. The highest BCUT2D eigenvalue weighted by Crippen LogP contribution is 2.24. The van der Waals surface area contributed by atoms with Gasteiger partial charge in [-0.05, 0) is 12.5 Å². The molecule has 1 aromatic carbocycles. The predicted molar refractivity (Wildman–Crippen MR) is 79.4 cm³/mol. The van der Waals surface area contributed by atoms with E-state index in [2.05, 4.69) is 10.4 Å². The van der Waals surface area contributed by atoms with E-state index in [1.54, 1.807) is 0 Å². The molecule has 2 aromatic rings. The van der Waals surface area contributed by atoms with Crippen molar-refractivity contribution in [3.63, 3.8) is 0 Å². The molecule has 0 amide bonds. The second-order valence-electron chi connectivity index (χ2n) is 5.53. The highest BCUT2D eigenvalue weighted by molar-refractivity contribution is 5.24. The van der Waals surface area contributed by atoms with Crippen LogP contribution in [-0.2, 0) is 13.1 Å². The summed E-state index contributed by atoms with van der Waals surface area (Å²) in [7, 11) is 0. The molecule has 0 atom stereocenters. The van der Waals surface area contributed by atoms with Crippen molar-refractivity contribution in [3.05, 3.63) is 52.8 Å². The van der Waals surface area contributed by atoms with Crippen LogP contribution in [0.5, 0.6) is 0 Å². The van der Waals surface area contributed by atoms with Crippen molar-refractivity contribution in [3.8, 4) is 0 Å². The molecule has 0 saturated heterocycles. The molecule has 0 saturated carbocycles. The van der Waals surface area contributed by atoms with Crippen LogP contribution in [0.3, 0.4) is 0 Å². The summed E-state index contributed by atoms with van der Waals surface area (Å²) in [4.78, 5) is 0. The number of halogens is 2. The highest BCUT2D eigenvalue weighted by atomic mass is 19.3. The Bertz CT molecular complexity index is 574. The van der Waals surface area contributed by atoms with Gasteiger partial charge in [-0.15, -0.1) is 0 Å². The van der Waals surface area contributed by atoms with Gasteiger partial charge in [0.15, 0.2) is 0 Å². The molecule has 2 rings (SSSR count). The van der Waals surface area contributed by atoms with Gasteiger partial charge in [0, 0.05) is 18.2 Å². The Balaban J connectivity index is 2.20. The average Bonchev–Trinajstić information content (AvgIpc) is 2.82. The van der Waals surface area contributed by atoms with Crippen LogP contribution in [0.2, 0.25) is 0 Å². The van der Waals surface area contributed by atoms with Crippen molar-refractivity contribution < 1.29 is 8.78 Å².